The van der Waals surface area contributed by atoms with E-state index in [9.17, 15) is 0 Å². The van der Waals surface area contributed by atoms with Crippen LogP contribution in [0, 0.1) is 0 Å². The van der Waals surface area contributed by atoms with Crippen molar-refractivity contribution in [3.63, 3.8) is 0 Å². The van der Waals surface area contributed by atoms with Crippen molar-refractivity contribution in [2.24, 2.45) is 0 Å². The predicted molar refractivity (Wildman–Crippen MR) is 57.6 cm³/mol. The minimum absolute atomic E-state index is 0.276. The minimum atomic E-state index is 0.276. The van der Waals surface area contributed by atoms with Crippen LogP contribution in [0.2, 0.25) is 0 Å². The standard InChI is InChI=1S/C11H23NO2/c1-4-6-13-9-11-8-12(10(2)3)5-7-14-11/h10-11H,4-9H2,1-3H3. The normalized spacial score (nSPS) is 24.4. The number of hydrogen-bond acceptors (Lipinski definition) is 3. The molecule has 1 heterocycles. The van der Waals surface area contributed by atoms with E-state index < -0.39 is 0 Å². The molecule has 0 aromatic rings. The van der Waals surface area contributed by atoms with E-state index in [0.29, 0.717) is 6.04 Å². The van der Waals surface area contributed by atoms with Crippen molar-refractivity contribution in [2.75, 3.05) is 32.9 Å². The van der Waals surface area contributed by atoms with Crippen LogP contribution in [-0.4, -0.2) is 50.0 Å². The van der Waals surface area contributed by atoms with E-state index in [0.717, 1.165) is 39.3 Å². The van der Waals surface area contributed by atoms with Gasteiger partial charge in [-0.15, -0.1) is 0 Å². The summed E-state index contributed by atoms with van der Waals surface area (Å²) < 4.78 is 11.1. The van der Waals surface area contributed by atoms with Crippen LogP contribution in [-0.2, 0) is 9.47 Å². The fraction of sp³-hybridized carbons (Fsp3) is 1.00. The van der Waals surface area contributed by atoms with Crippen LogP contribution in [0.1, 0.15) is 27.2 Å². The van der Waals surface area contributed by atoms with E-state index in [4.69, 9.17) is 9.47 Å². The highest BCUT2D eigenvalue weighted by Crippen LogP contribution is 2.08. The van der Waals surface area contributed by atoms with E-state index >= 15 is 0 Å². The number of hydrogen-bond donors (Lipinski definition) is 0. The van der Waals surface area contributed by atoms with E-state index in [1.165, 1.54) is 0 Å². The second-order valence-corrected chi connectivity index (χ2v) is 4.16. The van der Waals surface area contributed by atoms with Gasteiger partial charge in [0.2, 0.25) is 0 Å². The lowest BCUT2D eigenvalue weighted by Gasteiger charge is -2.35. The van der Waals surface area contributed by atoms with Crippen LogP contribution in [0.3, 0.4) is 0 Å². The minimum Gasteiger partial charge on any atom is -0.379 e. The Kier molecular flexibility index (Phi) is 5.45. The van der Waals surface area contributed by atoms with Gasteiger partial charge in [0, 0.05) is 25.7 Å². The maximum atomic E-state index is 5.64. The molecule has 1 aliphatic heterocycles. The van der Waals surface area contributed by atoms with Crippen LogP contribution in [0.4, 0.5) is 0 Å². The molecule has 0 amide bonds. The summed E-state index contributed by atoms with van der Waals surface area (Å²) in [5.41, 5.74) is 0. The van der Waals surface area contributed by atoms with Crippen molar-refractivity contribution in [1.82, 2.24) is 4.90 Å². The topological polar surface area (TPSA) is 21.7 Å². The van der Waals surface area contributed by atoms with Crippen LogP contribution in [0.25, 0.3) is 0 Å². The highest BCUT2D eigenvalue weighted by Gasteiger charge is 2.21. The lowest BCUT2D eigenvalue weighted by molar-refractivity contribution is -0.0757. The van der Waals surface area contributed by atoms with Gasteiger partial charge in [-0.05, 0) is 20.3 Å². The maximum Gasteiger partial charge on any atom is 0.0935 e. The first-order valence-electron chi connectivity index (χ1n) is 5.67. The van der Waals surface area contributed by atoms with Crippen LogP contribution in [0.15, 0.2) is 0 Å². The number of nitrogens with zero attached hydrogens (tertiary/aromatic N) is 1. The van der Waals surface area contributed by atoms with Gasteiger partial charge in [0.1, 0.15) is 0 Å². The first kappa shape index (κ1) is 12.0. The molecule has 0 aliphatic carbocycles. The van der Waals surface area contributed by atoms with Gasteiger partial charge in [-0.2, -0.15) is 0 Å². The first-order chi connectivity index (χ1) is 6.74. The summed E-state index contributed by atoms with van der Waals surface area (Å²) in [6, 6.07) is 0.618. The summed E-state index contributed by atoms with van der Waals surface area (Å²) in [6.45, 7) is 11.1. The molecule has 1 fully saturated rings. The molecule has 3 heteroatoms. The molecule has 0 N–H and O–H groups in total. The Labute approximate surface area is 87.4 Å². The Morgan fingerprint density at radius 2 is 2.29 bits per heavy atom. The molecule has 0 radical (unpaired) electrons. The molecule has 1 atom stereocenters. The molecular weight excluding hydrogens is 178 g/mol. The average molecular weight is 201 g/mol. The quantitative estimate of drug-likeness (QED) is 0.630. The third-order valence-electron chi connectivity index (χ3n) is 2.55. The summed E-state index contributed by atoms with van der Waals surface area (Å²) >= 11 is 0. The molecular formula is C11H23NO2. The summed E-state index contributed by atoms with van der Waals surface area (Å²) in [5.74, 6) is 0. The number of rotatable bonds is 5. The van der Waals surface area contributed by atoms with E-state index in [2.05, 4.69) is 25.7 Å². The SMILES string of the molecule is CCCOCC1CN(C(C)C)CCO1. The van der Waals surface area contributed by atoms with Gasteiger partial charge in [0.15, 0.2) is 0 Å². The average Bonchev–Trinajstić information content (AvgIpc) is 2.19. The van der Waals surface area contributed by atoms with Crippen LogP contribution >= 0.6 is 0 Å². The Bertz CT molecular complexity index is 150. The van der Waals surface area contributed by atoms with Crippen molar-refractivity contribution in [3.05, 3.63) is 0 Å². The molecule has 0 spiro atoms. The fourth-order valence-corrected chi connectivity index (χ4v) is 1.67. The van der Waals surface area contributed by atoms with E-state index in [1.54, 1.807) is 0 Å². The van der Waals surface area contributed by atoms with Crippen molar-refractivity contribution in [1.29, 1.82) is 0 Å². The zero-order valence-corrected chi connectivity index (χ0v) is 9.66. The van der Waals surface area contributed by atoms with Crippen molar-refractivity contribution >= 4 is 0 Å². The number of morpholine rings is 1. The van der Waals surface area contributed by atoms with Gasteiger partial charge < -0.3 is 9.47 Å². The summed E-state index contributed by atoms with van der Waals surface area (Å²) in [7, 11) is 0. The number of ether oxygens (including phenoxy) is 2. The zero-order valence-electron chi connectivity index (χ0n) is 9.66. The Morgan fingerprint density at radius 1 is 1.50 bits per heavy atom. The Balaban J connectivity index is 2.19. The summed E-state index contributed by atoms with van der Waals surface area (Å²) in [4.78, 5) is 2.45. The smallest absolute Gasteiger partial charge is 0.0935 e. The van der Waals surface area contributed by atoms with E-state index in [-0.39, 0.29) is 6.10 Å². The molecule has 14 heavy (non-hydrogen) atoms. The zero-order chi connectivity index (χ0) is 10.4. The lowest BCUT2D eigenvalue weighted by atomic mass is 10.2. The van der Waals surface area contributed by atoms with Gasteiger partial charge in [-0.3, -0.25) is 4.90 Å². The lowest BCUT2D eigenvalue weighted by Crippen LogP contribution is -2.47. The molecule has 0 aromatic carbocycles. The van der Waals surface area contributed by atoms with Crippen molar-refractivity contribution in [2.45, 2.75) is 39.3 Å². The molecule has 3 nitrogen and oxygen atoms in total. The second-order valence-electron chi connectivity index (χ2n) is 4.16. The molecule has 84 valence electrons. The molecule has 0 bridgehead atoms. The molecule has 1 saturated heterocycles. The summed E-state index contributed by atoms with van der Waals surface area (Å²) in [5, 5.41) is 0. The largest absolute Gasteiger partial charge is 0.379 e. The third-order valence-corrected chi connectivity index (χ3v) is 2.55. The van der Waals surface area contributed by atoms with Crippen molar-refractivity contribution in [3.8, 4) is 0 Å². The highest BCUT2D eigenvalue weighted by atomic mass is 16.5. The Morgan fingerprint density at radius 3 is 2.93 bits per heavy atom. The fourth-order valence-electron chi connectivity index (χ4n) is 1.67. The van der Waals surface area contributed by atoms with Gasteiger partial charge in [0.05, 0.1) is 19.3 Å². The molecule has 1 rings (SSSR count). The van der Waals surface area contributed by atoms with E-state index in [1.807, 2.05) is 0 Å². The van der Waals surface area contributed by atoms with Crippen LogP contribution in [0.5, 0.6) is 0 Å². The van der Waals surface area contributed by atoms with Gasteiger partial charge in [0.25, 0.3) is 0 Å². The molecule has 1 aliphatic rings. The highest BCUT2D eigenvalue weighted by molar-refractivity contribution is 4.73. The third kappa shape index (κ3) is 3.95. The maximum absolute atomic E-state index is 5.64. The van der Waals surface area contributed by atoms with Gasteiger partial charge in [-0.25, -0.2) is 0 Å². The summed E-state index contributed by atoms with van der Waals surface area (Å²) in [6.07, 6.45) is 1.36. The monoisotopic (exact) mass is 201 g/mol. The first-order valence-corrected chi connectivity index (χ1v) is 5.67. The van der Waals surface area contributed by atoms with Gasteiger partial charge in [-0.1, -0.05) is 6.92 Å². The molecule has 1 unspecified atom stereocenters. The molecule has 0 saturated carbocycles. The Hall–Kier alpha value is -0.120. The van der Waals surface area contributed by atoms with Crippen LogP contribution < -0.4 is 0 Å². The van der Waals surface area contributed by atoms with Crippen molar-refractivity contribution < 1.29 is 9.47 Å². The molecule has 0 aromatic heterocycles. The van der Waals surface area contributed by atoms with Gasteiger partial charge >= 0.3 is 0 Å². The second kappa shape index (κ2) is 6.38. The predicted octanol–water partition coefficient (Wildman–Crippen LogP) is 1.52.